The van der Waals surface area contributed by atoms with Crippen LogP contribution >= 0.6 is 0 Å². The number of amides is 1. The van der Waals surface area contributed by atoms with Crippen LogP contribution in [-0.4, -0.2) is 87.5 Å². The fourth-order valence-electron chi connectivity index (χ4n) is 3.60. The van der Waals surface area contributed by atoms with Crippen LogP contribution in [0.3, 0.4) is 0 Å². The van der Waals surface area contributed by atoms with E-state index in [2.05, 4.69) is 12.2 Å². The minimum Gasteiger partial charge on any atom is -0.394 e. The zero-order valence-corrected chi connectivity index (χ0v) is 18.3. The van der Waals surface area contributed by atoms with Crippen molar-refractivity contribution in [3.8, 4) is 0 Å². The van der Waals surface area contributed by atoms with Crippen LogP contribution < -0.4 is 5.32 Å². The summed E-state index contributed by atoms with van der Waals surface area (Å²) in [6.07, 6.45) is 1.88. The van der Waals surface area contributed by atoms with Crippen molar-refractivity contribution in [3.63, 3.8) is 0 Å². The number of hydrogen-bond donors (Lipinski definition) is 6. The number of unbranched alkanes of at least 4 members (excludes halogenated alkanes) is 7. The minimum absolute atomic E-state index is 0.152. The van der Waals surface area contributed by atoms with Crippen LogP contribution in [0.15, 0.2) is 0 Å². The Kier molecular flexibility index (Phi) is 13.7. The van der Waals surface area contributed by atoms with E-state index in [0.717, 1.165) is 19.3 Å². The van der Waals surface area contributed by atoms with Gasteiger partial charge in [0.15, 0.2) is 6.29 Å². The van der Waals surface area contributed by atoms with E-state index in [-0.39, 0.29) is 12.5 Å². The van der Waals surface area contributed by atoms with E-state index in [1.165, 1.54) is 39.0 Å². The molecule has 0 aliphatic carbocycles. The van der Waals surface area contributed by atoms with Gasteiger partial charge in [-0.1, -0.05) is 58.3 Å². The van der Waals surface area contributed by atoms with Gasteiger partial charge in [-0.25, -0.2) is 0 Å². The van der Waals surface area contributed by atoms with Gasteiger partial charge in [0.05, 0.1) is 25.4 Å². The molecule has 0 aromatic carbocycles. The lowest BCUT2D eigenvalue weighted by Gasteiger charge is -2.40. The number of carbonyl (C=O) groups is 1. The van der Waals surface area contributed by atoms with Gasteiger partial charge in [-0.05, 0) is 6.42 Å². The van der Waals surface area contributed by atoms with E-state index >= 15 is 0 Å². The summed E-state index contributed by atoms with van der Waals surface area (Å²) in [5.41, 5.74) is 0. The minimum atomic E-state index is -1.54. The second-order valence-electron chi connectivity index (χ2n) is 8.17. The molecule has 1 aliphatic rings. The van der Waals surface area contributed by atoms with Crippen molar-refractivity contribution >= 4 is 5.91 Å². The van der Waals surface area contributed by atoms with E-state index in [1.807, 2.05) is 0 Å². The summed E-state index contributed by atoms with van der Waals surface area (Å²) in [5, 5.41) is 52.1. The largest absolute Gasteiger partial charge is 0.394 e. The SMILES string of the molecule is CCCCCCCCCCC(O)C(COC1OC(CO)C(O)C(O)C1O)NC(C)=O. The Morgan fingerprint density at radius 1 is 1.00 bits per heavy atom. The van der Waals surface area contributed by atoms with E-state index < -0.39 is 49.5 Å². The van der Waals surface area contributed by atoms with Gasteiger partial charge in [-0.3, -0.25) is 4.79 Å². The van der Waals surface area contributed by atoms with Crippen LogP contribution in [-0.2, 0) is 14.3 Å². The van der Waals surface area contributed by atoms with Gasteiger partial charge < -0.3 is 40.3 Å². The first kappa shape index (κ1) is 27.2. The number of carbonyl (C=O) groups excluding carboxylic acids is 1. The predicted octanol–water partition coefficient (Wildman–Crippen LogP) is 0.199. The molecule has 9 nitrogen and oxygen atoms in total. The van der Waals surface area contributed by atoms with Crippen molar-refractivity contribution in [3.05, 3.63) is 0 Å². The quantitative estimate of drug-likeness (QED) is 0.200. The van der Waals surface area contributed by atoms with Crippen molar-refractivity contribution in [2.75, 3.05) is 13.2 Å². The Morgan fingerprint density at radius 3 is 2.17 bits per heavy atom. The third kappa shape index (κ3) is 9.55. The van der Waals surface area contributed by atoms with Gasteiger partial charge in [-0.2, -0.15) is 0 Å². The van der Waals surface area contributed by atoms with E-state index in [0.29, 0.717) is 6.42 Å². The normalized spacial score (nSPS) is 28.8. The third-order valence-electron chi connectivity index (χ3n) is 5.50. The molecule has 1 amide bonds. The highest BCUT2D eigenvalue weighted by Gasteiger charge is 2.44. The Hall–Kier alpha value is -0.810. The maximum Gasteiger partial charge on any atom is 0.217 e. The highest BCUT2D eigenvalue weighted by atomic mass is 16.7. The molecule has 30 heavy (non-hydrogen) atoms. The van der Waals surface area contributed by atoms with Crippen LogP contribution in [0.25, 0.3) is 0 Å². The smallest absolute Gasteiger partial charge is 0.217 e. The van der Waals surface area contributed by atoms with Crippen molar-refractivity contribution in [1.82, 2.24) is 5.32 Å². The van der Waals surface area contributed by atoms with Gasteiger partial charge in [0.2, 0.25) is 5.91 Å². The van der Waals surface area contributed by atoms with Crippen LogP contribution in [0, 0.1) is 0 Å². The van der Waals surface area contributed by atoms with Crippen molar-refractivity contribution in [2.24, 2.45) is 0 Å². The van der Waals surface area contributed by atoms with E-state index in [1.54, 1.807) is 0 Å². The lowest BCUT2D eigenvalue weighted by atomic mass is 9.99. The molecule has 1 saturated heterocycles. The molecule has 1 aliphatic heterocycles. The molecule has 0 bridgehead atoms. The van der Waals surface area contributed by atoms with Crippen molar-refractivity contribution in [1.29, 1.82) is 0 Å². The van der Waals surface area contributed by atoms with Crippen LogP contribution in [0.4, 0.5) is 0 Å². The second-order valence-corrected chi connectivity index (χ2v) is 8.17. The summed E-state index contributed by atoms with van der Waals surface area (Å²) in [6.45, 7) is 2.82. The van der Waals surface area contributed by atoms with Gasteiger partial charge in [0.1, 0.15) is 24.4 Å². The molecule has 0 spiro atoms. The molecule has 1 fully saturated rings. The van der Waals surface area contributed by atoms with Gasteiger partial charge in [0.25, 0.3) is 0 Å². The zero-order chi connectivity index (χ0) is 22.5. The monoisotopic (exact) mass is 435 g/mol. The Morgan fingerprint density at radius 2 is 1.60 bits per heavy atom. The first-order valence-corrected chi connectivity index (χ1v) is 11.2. The number of aliphatic hydroxyl groups excluding tert-OH is 5. The fraction of sp³-hybridized carbons (Fsp3) is 0.952. The lowest BCUT2D eigenvalue weighted by molar-refractivity contribution is -0.302. The van der Waals surface area contributed by atoms with E-state index in [4.69, 9.17) is 9.47 Å². The van der Waals surface area contributed by atoms with Crippen molar-refractivity contribution < 1.29 is 39.8 Å². The van der Waals surface area contributed by atoms with Gasteiger partial charge >= 0.3 is 0 Å². The summed E-state index contributed by atoms with van der Waals surface area (Å²) in [6, 6.07) is -0.709. The molecule has 7 unspecified atom stereocenters. The number of aliphatic hydroxyl groups is 5. The molecule has 0 aromatic heterocycles. The van der Waals surface area contributed by atoms with Gasteiger partial charge in [0, 0.05) is 6.92 Å². The summed E-state index contributed by atoms with van der Waals surface area (Å²) in [5.74, 6) is -0.327. The average Bonchev–Trinajstić information content (AvgIpc) is 2.72. The van der Waals surface area contributed by atoms with Crippen LogP contribution in [0.5, 0.6) is 0 Å². The van der Waals surface area contributed by atoms with Gasteiger partial charge in [-0.15, -0.1) is 0 Å². The lowest BCUT2D eigenvalue weighted by Crippen LogP contribution is -2.60. The molecule has 7 atom stereocenters. The summed E-state index contributed by atoms with van der Waals surface area (Å²) >= 11 is 0. The van der Waals surface area contributed by atoms with Crippen LogP contribution in [0.2, 0.25) is 0 Å². The number of rotatable bonds is 15. The molecule has 1 rings (SSSR count). The average molecular weight is 436 g/mol. The molecule has 178 valence electrons. The summed E-state index contributed by atoms with van der Waals surface area (Å²) in [7, 11) is 0. The molecule has 1 heterocycles. The predicted molar refractivity (Wildman–Crippen MR) is 111 cm³/mol. The maximum absolute atomic E-state index is 11.5. The second kappa shape index (κ2) is 15.1. The Balaban J connectivity index is 2.44. The topological polar surface area (TPSA) is 149 Å². The molecule has 0 aromatic rings. The number of nitrogens with one attached hydrogen (secondary N) is 1. The number of ether oxygens (including phenoxy) is 2. The molecule has 6 N–H and O–H groups in total. The molecule has 9 heteroatoms. The van der Waals surface area contributed by atoms with Crippen LogP contribution in [0.1, 0.15) is 71.6 Å². The maximum atomic E-state index is 11.5. The Labute approximate surface area is 179 Å². The molecular weight excluding hydrogens is 394 g/mol. The first-order chi connectivity index (χ1) is 14.3. The molecule has 0 radical (unpaired) electrons. The number of hydrogen-bond acceptors (Lipinski definition) is 8. The van der Waals surface area contributed by atoms with Crippen molar-refractivity contribution in [2.45, 2.75) is 114 Å². The summed E-state index contributed by atoms with van der Waals surface area (Å²) < 4.78 is 10.8. The Bertz CT molecular complexity index is 464. The molecule has 0 saturated carbocycles. The molecular formula is C21H41NO8. The fourth-order valence-corrected chi connectivity index (χ4v) is 3.60. The zero-order valence-electron chi connectivity index (χ0n) is 18.3. The highest BCUT2D eigenvalue weighted by molar-refractivity contribution is 5.73. The third-order valence-corrected chi connectivity index (χ3v) is 5.50. The highest BCUT2D eigenvalue weighted by Crippen LogP contribution is 2.22. The standard InChI is InChI=1S/C21H41NO8/c1-3-4-5-6-7-8-9-10-11-16(25)15(22-14(2)24)13-29-21-20(28)19(27)18(26)17(12-23)30-21/h15-21,23,25-28H,3-13H2,1-2H3,(H,22,24). The first-order valence-electron chi connectivity index (χ1n) is 11.2. The van der Waals surface area contributed by atoms with E-state index in [9.17, 15) is 30.3 Å². The summed E-state index contributed by atoms with van der Waals surface area (Å²) in [4.78, 5) is 11.5.